The molecule has 1 aromatic heterocycles. The monoisotopic (exact) mass is 382 g/mol. The van der Waals surface area contributed by atoms with Crippen LogP contribution in [0.4, 0.5) is 0 Å². The third-order valence-electron chi connectivity index (χ3n) is 5.59. The summed E-state index contributed by atoms with van der Waals surface area (Å²) in [6.45, 7) is 3.52. The highest BCUT2D eigenvalue weighted by Gasteiger charge is 2.25. The maximum Gasteiger partial charge on any atom is 0.272 e. The zero-order valence-electron chi connectivity index (χ0n) is 17.1. The summed E-state index contributed by atoms with van der Waals surface area (Å²) in [5.74, 6) is 0.766. The molecule has 0 bridgehead atoms. The molecule has 1 saturated heterocycles. The van der Waals surface area contributed by atoms with Gasteiger partial charge in [-0.15, -0.1) is 0 Å². The molecule has 6 nitrogen and oxygen atoms in total. The Morgan fingerprint density at radius 1 is 1.14 bits per heavy atom. The molecule has 1 aliphatic heterocycles. The number of amides is 2. The molecule has 0 unspecified atom stereocenters. The van der Waals surface area contributed by atoms with Crippen LogP contribution in [-0.2, 0) is 24.7 Å². The Kier molecular flexibility index (Phi) is 6.49. The SMILES string of the molecule is CNC(=O)CCc1ccc(CC2CCN(C(=O)c3cc(C)nn3C)CC2)cc1. The molecule has 2 amide bonds. The van der Waals surface area contributed by atoms with Gasteiger partial charge < -0.3 is 10.2 Å². The van der Waals surface area contributed by atoms with Crippen molar-refractivity contribution < 1.29 is 9.59 Å². The summed E-state index contributed by atoms with van der Waals surface area (Å²) in [7, 11) is 3.49. The second kappa shape index (κ2) is 9.04. The number of carbonyl (C=O) groups excluding carboxylic acids is 2. The lowest BCUT2D eigenvalue weighted by Crippen LogP contribution is -2.39. The van der Waals surface area contributed by atoms with Crippen LogP contribution in [0.1, 0.15) is 46.6 Å². The quantitative estimate of drug-likeness (QED) is 0.835. The molecule has 3 rings (SSSR count). The Balaban J connectivity index is 1.48. The van der Waals surface area contributed by atoms with E-state index < -0.39 is 0 Å². The Morgan fingerprint density at radius 2 is 1.79 bits per heavy atom. The van der Waals surface area contributed by atoms with Gasteiger partial charge in [-0.3, -0.25) is 14.3 Å². The van der Waals surface area contributed by atoms with Gasteiger partial charge in [0.25, 0.3) is 5.91 Å². The summed E-state index contributed by atoms with van der Waals surface area (Å²) < 4.78 is 1.68. The van der Waals surface area contributed by atoms with E-state index in [1.165, 1.54) is 11.1 Å². The van der Waals surface area contributed by atoms with Crippen molar-refractivity contribution in [2.45, 2.75) is 39.0 Å². The van der Waals surface area contributed by atoms with Crippen LogP contribution in [0.25, 0.3) is 0 Å². The van der Waals surface area contributed by atoms with Gasteiger partial charge in [0.2, 0.25) is 5.91 Å². The van der Waals surface area contributed by atoms with Crippen LogP contribution >= 0.6 is 0 Å². The van der Waals surface area contributed by atoms with Crippen molar-refractivity contribution in [3.05, 3.63) is 52.8 Å². The molecule has 1 aliphatic rings. The minimum absolute atomic E-state index is 0.0756. The van der Waals surface area contributed by atoms with Gasteiger partial charge in [0.05, 0.1) is 5.69 Å². The number of hydrogen-bond acceptors (Lipinski definition) is 3. The molecule has 1 N–H and O–H groups in total. The predicted molar refractivity (Wildman–Crippen MR) is 109 cm³/mol. The van der Waals surface area contributed by atoms with Gasteiger partial charge in [0.1, 0.15) is 5.69 Å². The lowest BCUT2D eigenvalue weighted by atomic mass is 9.89. The third-order valence-corrected chi connectivity index (χ3v) is 5.59. The minimum atomic E-state index is 0.0756. The average Bonchev–Trinajstić information content (AvgIpc) is 3.05. The van der Waals surface area contributed by atoms with Crippen molar-refractivity contribution in [2.75, 3.05) is 20.1 Å². The molecule has 2 heterocycles. The van der Waals surface area contributed by atoms with Crippen LogP contribution in [0.3, 0.4) is 0 Å². The van der Waals surface area contributed by atoms with E-state index >= 15 is 0 Å². The van der Waals surface area contributed by atoms with Gasteiger partial charge in [0.15, 0.2) is 0 Å². The Hall–Kier alpha value is -2.63. The molecule has 0 aliphatic carbocycles. The number of likely N-dealkylation sites (tertiary alicyclic amines) is 1. The zero-order valence-corrected chi connectivity index (χ0v) is 17.1. The number of carbonyl (C=O) groups is 2. The van der Waals surface area contributed by atoms with E-state index in [0.29, 0.717) is 18.0 Å². The maximum absolute atomic E-state index is 12.7. The Morgan fingerprint density at radius 3 is 2.36 bits per heavy atom. The summed E-state index contributed by atoms with van der Waals surface area (Å²) in [5, 5.41) is 6.93. The maximum atomic E-state index is 12.7. The fourth-order valence-electron chi connectivity index (χ4n) is 3.87. The zero-order chi connectivity index (χ0) is 20.1. The Labute approximate surface area is 166 Å². The molecule has 2 aromatic rings. The van der Waals surface area contributed by atoms with Gasteiger partial charge >= 0.3 is 0 Å². The van der Waals surface area contributed by atoms with Gasteiger partial charge in [0, 0.05) is 33.6 Å². The van der Waals surface area contributed by atoms with Gasteiger partial charge in [-0.2, -0.15) is 5.10 Å². The molecule has 0 spiro atoms. The van der Waals surface area contributed by atoms with Crippen LogP contribution in [0.5, 0.6) is 0 Å². The fourth-order valence-corrected chi connectivity index (χ4v) is 3.87. The lowest BCUT2D eigenvalue weighted by Gasteiger charge is -2.32. The summed E-state index contributed by atoms with van der Waals surface area (Å²) in [6, 6.07) is 10.5. The summed E-state index contributed by atoms with van der Waals surface area (Å²) in [5.41, 5.74) is 4.07. The number of aryl methyl sites for hydroxylation is 3. The van der Waals surface area contributed by atoms with E-state index in [1.807, 2.05) is 24.9 Å². The third kappa shape index (κ3) is 5.00. The first-order valence-corrected chi connectivity index (χ1v) is 10.0. The largest absolute Gasteiger partial charge is 0.359 e. The topological polar surface area (TPSA) is 67.2 Å². The highest BCUT2D eigenvalue weighted by molar-refractivity contribution is 5.92. The van der Waals surface area contributed by atoms with Gasteiger partial charge in [-0.1, -0.05) is 24.3 Å². The van der Waals surface area contributed by atoms with E-state index in [-0.39, 0.29) is 11.8 Å². The molecule has 1 aromatic carbocycles. The molecule has 0 radical (unpaired) electrons. The number of benzene rings is 1. The van der Waals surface area contributed by atoms with Crippen molar-refractivity contribution in [1.29, 1.82) is 0 Å². The van der Waals surface area contributed by atoms with Crippen molar-refractivity contribution in [3.8, 4) is 0 Å². The molecule has 0 atom stereocenters. The Bertz CT molecular complexity index is 818. The molecule has 28 heavy (non-hydrogen) atoms. The highest BCUT2D eigenvalue weighted by Crippen LogP contribution is 2.23. The first-order valence-electron chi connectivity index (χ1n) is 10.0. The van der Waals surface area contributed by atoms with Crippen molar-refractivity contribution >= 4 is 11.8 Å². The molecule has 6 heteroatoms. The van der Waals surface area contributed by atoms with Crippen LogP contribution in [0.15, 0.2) is 30.3 Å². The number of aromatic nitrogens is 2. The summed E-state index contributed by atoms with van der Waals surface area (Å²) >= 11 is 0. The minimum Gasteiger partial charge on any atom is -0.359 e. The number of rotatable bonds is 6. The standard InChI is InChI=1S/C22H30N4O2/c1-16-14-20(25(3)24-16)22(28)26-12-10-19(11-13-26)15-18-6-4-17(5-7-18)8-9-21(27)23-2/h4-7,14,19H,8-13,15H2,1-3H3,(H,23,27). The van der Waals surface area contributed by atoms with E-state index in [9.17, 15) is 9.59 Å². The summed E-state index contributed by atoms with van der Waals surface area (Å²) in [4.78, 5) is 26.0. The van der Waals surface area contributed by atoms with Crippen molar-refractivity contribution in [1.82, 2.24) is 20.0 Å². The number of nitrogens with one attached hydrogen (secondary N) is 1. The second-order valence-corrected chi connectivity index (χ2v) is 7.72. The lowest BCUT2D eigenvalue weighted by molar-refractivity contribution is -0.120. The molecular weight excluding hydrogens is 352 g/mol. The highest BCUT2D eigenvalue weighted by atomic mass is 16.2. The number of hydrogen-bond donors (Lipinski definition) is 1. The van der Waals surface area contributed by atoms with Gasteiger partial charge in [-0.25, -0.2) is 0 Å². The fraction of sp³-hybridized carbons (Fsp3) is 0.500. The average molecular weight is 383 g/mol. The summed E-state index contributed by atoms with van der Waals surface area (Å²) in [6.07, 6.45) is 4.40. The molecule has 1 fully saturated rings. The number of nitrogens with zero attached hydrogens (tertiary/aromatic N) is 3. The van der Waals surface area contributed by atoms with E-state index in [1.54, 1.807) is 11.7 Å². The van der Waals surface area contributed by atoms with Gasteiger partial charge in [-0.05, 0) is 55.7 Å². The molecular formula is C22H30N4O2. The predicted octanol–water partition coefficient (Wildman–Crippen LogP) is 2.50. The first kappa shape index (κ1) is 20.1. The number of piperidine rings is 1. The smallest absolute Gasteiger partial charge is 0.272 e. The second-order valence-electron chi connectivity index (χ2n) is 7.72. The van der Waals surface area contributed by atoms with Crippen LogP contribution in [-0.4, -0.2) is 46.6 Å². The van der Waals surface area contributed by atoms with Crippen molar-refractivity contribution in [2.24, 2.45) is 13.0 Å². The van der Waals surface area contributed by atoms with E-state index in [4.69, 9.17) is 0 Å². The van der Waals surface area contributed by atoms with Crippen LogP contribution in [0, 0.1) is 12.8 Å². The van der Waals surface area contributed by atoms with E-state index in [0.717, 1.165) is 44.5 Å². The van der Waals surface area contributed by atoms with Crippen LogP contribution in [0.2, 0.25) is 0 Å². The van der Waals surface area contributed by atoms with Crippen molar-refractivity contribution in [3.63, 3.8) is 0 Å². The first-order chi connectivity index (χ1) is 13.5. The van der Waals surface area contributed by atoms with E-state index in [2.05, 4.69) is 34.7 Å². The molecule has 0 saturated carbocycles. The normalized spacial score (nSPS) is 14.9. The van der Waals surface area contributed by atoms with Crippen LogP contribution < -0.4 is 5.32 Å². The molecule has 150 valence electrons.